The van der Waals surface area contributed by atoms with Crippen LogP contribution < -0.4 is 5.32 Å². The summed E-state index contributed by atoms with van der Waals surface area (Å²) in [5, 5.41) is 3.28. The molecule has 1 aliphatic rings. The number of hydrogen-bond acceptors (Lipinski definition) is 4. The van der Waals surface area contributed by atoms with Gasteiger partial charge in [-0.25, -0.2) is 9.97 Å². The fourth-order valence-electron chi connectivity index (χ4n) is 1.83. The second kappa shape index (κ2) is 5.07. The first-order valence-electron chi connectivity index (χ1n) is 5.14. The first-order chi connectivity index (χ1) is 7.24. The lowest BCUT2D eigenvalue weighted by molar-refractivity contribution is 0.399. The Hall–Kier alpha value is -0.430. The highest BCUT2D eigenvalue weighted by molar-refractivity contribution is 14.1. The Kier molecular flexibility index (Phi) is 3.74. The van der Waals surface area contributed by atoms with E-state index in [1.807, 2.05) is 12.4 Å². The smallest absolute Gasteiger partial charge is 0.222 e. The van der Waals surface area contributed by atoms with Gasteiger partial charge in [0.05, 0.1) is 0 Å². The molecule has 1 aliphatic heterocycles. The second-order valence-corrected chi connectivity index (χ2v) is 5.27. The fourth-order valence-corrected chi connectivity index (χ4v) is 2.11. The van der Waals surface area contributed by atoms with E-state index < -0.39 is 0 Å². The number of aromatic nitrogens is 2. The van der Waals surface area contributed by atoms with E-state index in [9.17, 15) is 0 Å². The maximum atomic E-state index is 4.21. The summed E-state index contributed by atoms with van der Waals surface area (Å²) < 4.78 is 1.07. The summed E-state index contributed by atoms with van der Waals surface area (Å²) in [5.74, 6) is 1.47. The highest BCUT2D eigenvalue weighted by Crippen LogP contribution is 2.14. The molecule has 0 saturated carbocycles. The molecule has 82 valence electrons. The van der Waals surface area contributed by atoms with Gasteiger partial charge in [-0.3, -0.25) is 0 Å². The van der Waals surface area contributed by atoms with Crippen molar-refractivity contribution in [1.82, 2.24) is 14.9 Å². The summed E-state index contributed by atoms with van der Waals surface area (Å²) >= 11 is 2.21. The number of nitrogens with one attached hydrogen (secondary N) is 1. The van der Waals surface area contributed by atoms with Crippen LogP contribution in [-0.4, -0.2) is 41.5 Å². The van der Waals surface area contributed by atoms with Crippen molar-refractivity contribution in [1.29, 1.82) is 0 Å². The number of anilines is 1. The van der Waals surface area contributed by atoms with Crippen molar-refractivity contribution in [2.45, 2.75) is 6.42 Å². The molecule has 15 heavy (non-hydrogen) atoms. The van der Waals surface area contributed by atoms with E-state index in [-0.39, 0.29) is 0 Å². The van der Waals surface area contributed by atoms with E-state index in [1.54, 1.807) is 0 Å². The Morgan fingerprint density at radius 2 is 2.27 bits per heavy atom. The van der Waals surface area contributed by atoms with E-state index in [0.29, 0.717) is 0 Å². The van der Waals surface area contributed by atoms with Crippen LogP contribution in [0.3, 0.4) is 0 Å². The predicted octanol–water partition coefficient (Wildman–Crippen LogP) is 1.44. The largest absolute Gasteiger partial charge is 0.354 e. The Bertz CT molecular complexity index is 314. The molecule has 1 aromatic heterocycles. The minimum Gasteiger partial charge on any atom is -0.354 e. The van der Waals surface area contributed by atoms with Crippen LogP contribution in [0.1, 0.15) is 6.42 Å². The molecule has 0 bridgehead atoms. The van der Waals surface area contributed by atoms with Gasteiger partial charge in [-0.2, -0.15) is 0 Å². The third-order valence-corrected chi connectivity index (χ3v) is 3.22. The second-order valence-electron chi connectivity index (χ2n) is 4.02. The fraction of sp³-hybridized carbons (Fsp3) is 0.600. The summed E-state index contributed by atoms with van der Waals surface area (Å²) in [6, 6.07) is 0. The van der Waals surface area contributed by atoms with Crippen LogP contribution in [-0.2, 0) is 0 Å². The lowest BCUT2D eigenvalue weighted by Gasteiger charge is -2.11. The van der Waals surface area contributed by atoms with Crippen LogP contribution >= 0.6 is 22.6 Å². The standard InChI is InChI=1S/C10H15IN4/c1-15-3-2-8(7-15)4-12-10-13-5-9(11)6-14-10/h5-6,8H,2-4,7H2,1H3,(H,12,13,14). The Labute approximate surface area is 104 Å². The molecular weight excluding hydrogens is 303 g/mol. The molecule has 2 rings (SSSR count). The van der Waals surface area contributed by atoms with Gasteiger partial charge >= 0.3 is 0 Å². The summed E-state index contributed by atoms with van der Waals surface area (Å²) in [6.45, 7) is 3.36. The topological polar surface area (TPSA) is 41.0 Å². The number of hydrogen-bond donors (Lipinski definition) is 1. The van der Waals surface area contributed by atoms with Crippen LogP contribution in [0.15, 0.2) is 12.4 Å². The van der Waals surface area contributed by atoms with Crippen LogP contribution in [0.2, 0.25) is 0 Å². The highest BCUT2D eigenvalue weighted by Gasteiger charge is 2.18. The van der Waals surface area contributed by atoms with Gasteiger partial charge in [0.15, 0.2) is 0 Å². The minimum atomic E-state index is 0.734. The number of halogens is 1. The number of rotatable bonds is 3. The Morgan fingerprint density at radius 1 is 1.53 bits per heavy atom. The molecule has 0 aliphatic carbocycles. The molecule has 1 fully saturated rings. The maximum Gasteiger partial charge on any atom is 0.222 e. The van der Waals surface area contributed by atoms with Crippen LogP contribution in [0, 0.1) is 9.49 Å². The van der Waals surface area contributed by atoms with Crippen molar-refractivity contribution < 1.29 is 0 Å². The zero-order chi connectivity index (χ0) is 10.7. The van der Waals surface area contributed by atoms with Crippen LogP contribution in [0.25, 0.3) is 0 Å². The molecule has 0 aromatic carbocycles. The summed E-state index contributed by atoms with van der Waals surface area (Å²) in [4.78, 5) is 10.8. The van der Waals surface area contributed by atoms with Crippen molar-refractivity contribution in [3.63, 3.8) is 0 Å². The van der Waals surface area contributed by atoms with Crippen molar-refractivity contribution in [3.8, 4) is 0 Å². The Balaban J connectivity index is 1.80. The lowest BCUT2D eigenvalue weighted by atomic mass is 10.1. The molecule has 5 heteroatoms. The Morgan fingerprint density at radius 3 is 2.87 bits per heavy atom. The van der Waals surface area contributed by atoms with E-state index in [1.165, 1.54) is 19.5 Å². The number of likely N-dealkylation sites (tertiary alicyclic amines) is 1. The summed E-state index contributed by atoms with van der Waals surface area (Å²) in [7, 11) is 2.17. The molecule has 1 saturated heterocycles. The molecule has 0 amide bonds. The van der Waals surface area contributed by atoms with Crippen molar-refractivity contribution >= 4 is 28.5 Å². The predicted molar refractivity (Wildman–Crippen MR) is 68.8 cm³/mol. The quantitative estimate of drug-likeness (QED) is 0.857. The normalized spacial score (nSPS) is 21.9. The van der Waals surface area contributed by atoms with E-state index in [0.717, 1.165) is 22.0 Å². The average molecular weight is 318 g/mol. The number of nitrogens with zero attached hydrogens (tertiary/aromatic N) is 3. The van der Waals surface area contributed by atoms with Gasteiger partial charge in [0.1, 0.15) is 0 Å². The van der Waals surface area contributed by atoms with Crippen LogP contribution in [0.5, 0.6) is 0 Å². The van der Waals surface area contributed by atoms with Crippen molar-refractivity contribution in [2.75, 3.05) is 32.0 Å². The first-order valence-corrected chi connectivity index (χ1v) is 6.22. The average Bonchev–Trinajstić information content (AvgIpc) is 2.64. The van der Waals surface area contributed by atoms with Crippen molar-refractivity contribution in [3.05, 3.63) is 16.0 Å². The monoisotopic (exact) mass is 318 g/mol. The van der Waals surface area contributed by atoms with Crippen LogP contribution in [0.4, 0.5) is 5.95 Å². The molecule has 1 aromatic rings. The molecule has 4 nitrogen and oxygen atoms in total. The SMILES string of the molecule is CN1CCC(CNc2ncc(I)cn2)C1. The summed E-state index contributed by atoms with van der Waals surface area (Å²) in [5.41, 5.74) is 0. The lowest BCUT2D eigenvalue weighted by Crippen LogP contribution is -2.19. The molecular formula is C10H15IN4. The zero-order valence-electron chi connectivity index (χ0n) is 8.78. The van der Waals surface area contributed by atoms with E-state index in [2.05, 4.69) is 49.8 Å². The van der Waals surface area contributed by atoms with Gasteiger partial charge < -0.3 is 10.2 Å². The van der Waals surface area contributed by atoms with Gasteiger partial charge in [-0.15, -0.1) is 0 Å². The maximum absolute atomic E-state index is 4.21. The zero-order valence-corrected chi connectivity index (χ0v) is 10.9. The minimum absolute atomic E-state index is 0.734. The van der Waals surface area contributed by atoms with Gasteiger partial charge in [-0.1, -0.05) is 0 Å². The molecule has 1 unspecified atom stereocenters. The third-order valence-electron chi connectivity index (χ3n) is 2.66. The molecule has 0 spiro atoms. The summed E-state index contributed by atoms with van der Waals surface area (Å²) in [6.07, 6.45) is 4.93. The third kappa shape index (κ3) is 3.27. The molecule has 1 atom stereocenters. The van der Waals surface area contributed by atoms with E-state index >= 15 is 0 Å². The van der Waals surface area contributed by atoms with Gasteiger partial charge in [-0.05, 0) is 48.5 Å². The van der Waals surface area contributed by atoms with Gasteiger partial charge in [0.2, 0.25) is 5.95 Å². The molecule has 2 heterocycles. The van der Waals surface area contributed by atoms with Gasteiger partial charge in [0, 0.05) is 29.1 Å². The van der Waals surface area contributed by atoms with E-state index in [4.69, 9.17) is 0 Å². The highest BCUT2D eigenvalue weighted by atomic mass is 127. The first kappa shape index (κ1) is 11.1. The van der Waals surface area contributed by atoms with Crippen molar-refractivity contribution in [2.24, 2.45) is 5.92 Å². The molecule has 1 N–H and O–H groups in total. The molecule has 0 radical (unpaired) electrons. The van der Waals surface area contributed by atoms with Gasteiger partial charge in [0.25, 0.3) is 0 Å².